The summed E-state index contributed by atoms with van der Waals surface area (Å²) in [6, 6.07) is 1.87. The highest BCUT2D eigenvalue weighted by Gasteiger charge is 2.20. The molecule has 6 heteroatoms. The molecule has 1 aromatic heterocycles. The first-order chi connectivity index (χ1) is 8.51. The van der Waals surface area contributed by atoms with E-state index in [0.29, 0.717) is 10.3 Å². The Morgan fingerprint density at radius 3 is 2.83 bits per heavy atom. The molecule has 1 atom stereocenters. The predicted octanol–water partition coefficient (Wildman–Crippen LogP) is 3.12. The maximum atomic E-state index is 11.3. The minimum absolute atomic E-state index is 0.228. The van der Waals surface area contributed by atoms with E-state index in [4.69, 9.17) is 0 Å². The second-order valence-electron chi connectivity index (χ2n) is 3.96. The third-order valence-electron chi connectivity index (χ3n) is 2.78. The maximum Gasteiger partial charge on any atom is 0.339 e. The molecule has 1 aromatic rings. The number of pyridine rings is 1. The van der Waals surface area contributed by atoms with E-state index in [2.05, 4.69) is 27.8 Å². The Kier molecular flexibility index (Phi) is 5.95. The minimum atomic E-state index is -0.954. The first-order valence-corrected chi connectivity index (χ1v) is 7.80. The molecule has 1 rings (SSSR count). The van der Waals surface area contributed by atoms with Crippen LogP contribution in [0.2, 0.25) is 0 Å². The molecule has 100 valence electrons. The summed E-state index contributed by atoms with van der Waals surface area (Å²) >= 11 is 5.00. The normalized spacial score (nSPS) is 12.2. The van der Waals surface area contributed by atoms with Crippen molar-refractivity contribution in [3.8, 4) is 0 Å². The van der Waals surface area contributed by atoms with Gasteiger partial charge in [-0.15, -0.1) is 0 Å². The standard InChI is InChI=1S/C12H17BrN2O2S/c1-4-9(7-18-3)15(2)11-10(12(16)17)5-8(13)6-14-11/h5-6,9H,4,7H2,1-3H3,(H,16,17). The quantitative estimate of drug-likeness (QED) is 0.867. The summed E-state index contributed by atoms with van der Waals surface area (Å²) < 4.78 is 0.676. The Morgan fingerprint density at radius 1 is 1.67 bits per heavy atom. The van der Waals surface area contributed by atoms with Gasteiger partial charge in [-0.3, -0.25) is 0 Å². The summed E-state index contributed by atoms with van der Waals surface area (Å²) in [6.45, 7) is 2.09. The van der Waals surface area contributed by atoms with Gasteiger partial charge in [-0.05, 0) is 34.7 Å². The highest BCUT2D eigenvalue weighted by molar-refractivity contribution is 9.10. The van der Waals surface area contributed by atoms with Crippen LogP contribution in [0.5, 0.6) is 0 Å². The molecule has 1 heterocycles. The van der Waals surface area contributed by atoms with E-state index < -0.39 is 5.97 Å². The van der Waals surface area contributed by atoms with Gasteiger partial charge < -0.3 is 10.0 Å². The van der Waals surface area contributed by atoms with Crippen molar-refractivity contribution < 1.29 is 9.90 Å². The lowest BCUT2D eigenvalue weighted by Crippen LogP contribution is -2.35. The number of carboxylic acid groups (broad SMARTS) is 1. The van der Waals surface area contributed by atoms with E-state index in [1.54, 1.807) is 24.0 Å². The largest absolute Gasteiger partial charge is 0.478 e. The lowest BCUT2D eigenvalue weighted by molar-refractivity contribution is 0.0697. The molecule has 0 saturated carbocycles. The Morgan fingerprint density at radius 2 is 2.33 bits per heavy atom. The van der Waals surface area contributed by atoms with E-state index >= 15 is 0 Å². The molecule has 0 bridgehead atoms. The molecule has 0 radical (unpaired) electrons. The van der Waals surface area contributed by atoms with Gasteiger partial charge in [0, 0.05) is 29.5 Å². The Bertz CT molecular complexity index is 429. The predicted molar refractivity (Wildman–Crippen MR) is 79.8 cm³/mol. The van der Waals surface area contributed by atoms with Crippen molar-refractivity contribution in [3.63, 3.8) is 0 Å². The number of aromatic nitrogens is 1. The van der Waals surface area contributed by atoms with Crippen LogP contribution < -0.4 is 4.90 Å². The molecule has 0 fully saturated rings. The topological polar surface area (TPSA) is 53.4 Å². The van der Waals surface area contributed by atoms with Gasteiger partial charge in [0.15, 0.2) is 0 Å². The summed E-state index contributed by atoms with van der Waals surface area (Å²) in [5.41, 5.74) is 0.228. The molecule has 0 spiro atoms. The van der Waals surface area contributed by atoms with Crippen molar-refractivity contribution in [2.45, 2.75) is 19.4 Å². The molecule has 0 aliphatic heterocycles. The molecule has 0 aliphatic carbocycles. The third kappa shape index (κ3) is 3.62. The van der Waals surface area contributed by atoms with Crippen LogP contribution in [-0.4, -0.2) is 41.2 Å². The van der Waals surface area contributed by atoms with Crippen molar-refractivity contribution in [2.24, 2.45) is 0 Å². The van der Waals surface area contributed by atoms with E-state index in [0.717, 1.165) is 12.2 Å². The lowest BCUT2D eigenvalue weighted by atomic mass is 10.2. The van der Waals surface area contributed by atoms with Crippen LogP contribution in [0.1, 0.15) is 23.7 Å². The summed E-state index contributed by atoms with van der Waals surface area (Å²) in [4.78, 5) is 17.4. The zero-order chi connectivity index (χ0) is 13.7. The summed E-state index contributed by atoms with van der Waals surface area (Å²) in [6.07, 6.45) is 4.63. The van der Waals surface area contributed by atoms with Crippen LogP contribution in [0.15, 0.2) is 16.7 Å². The van der Waals surface area contributed by atoms with Gasteiger partial charge in [0.25, 0.3) is 0 Å². The summed E-state index contributed by atoms with van der Waals surface area (Å²) in [5.74, 6) is 0.514. The fourth-order valence-electron chi connectivity index (χ4n) is 1.74. The summed E-state index contributed by atoms with van der Waals surface area (Å²) in [7, 11) is 1.90. The SMILES string of the molecule is CCC(CSC)N(C)c1ncc(Br)cc1C(=O)O. The Hall–Kier alpha value is -0.750. The molecule has 4 nitrogen and oxygen atoms in total. The van der Waals surface area contributed by atoms with Crippen LogP contribution in [0.3, 0.4) is 0 Å². The number of carboxylic acids is 1. The van der Waals surface area contributed by atoms with E-state index in [1.165, 1.54) is 0 Å². The molecule has 0 amide bonds. The first kappa shape index (κ1) is 15.3. The Labute approximate surface area is 120 Å². The molecular formula is C12H17BrN2O2S. The zero-order valence-electron chi connectivity index (χ0n) is 10.7. The third-order valence-corrected chi connectivity index (χ3v) is 3.93. The van der Waals surface area contributed by atoms with Gasteiger partial charge in [-0.25, -0.2) is 9.78 Å². The number of nitrogens with zero attached hydrogens (tertiary/aromatic N) is 2. The monoisotopic (exact) mass is 332 g/mol. The van der Waals surface area contributed by atoms with Crippen LogP contribution >= 0.6 is 27.7 Å². The maximum absolute atomic E-state index is 11.3. The average Bonchev–Trinajstić information content (AvgIpc) is 2.35. The van der Waals surface area contributed by atoms with Crippen molar-refractivity contribution in [2.75, 3.05) is 24.0 Å². The molecule has 0 aliphatic rings. The number of thioether (sulfide) groups is 1. The highest BCUT2D eigenvalue weighted by Crippen LogP contribution is 2.24. The van der Waals surface area contributed by atoms with Gasteiger partial charge in [0.1, 0.15) is 11.4 Å². The molecule has 18 heavy (non-hydrogen) atoms. The zero-order valence-corrected chi connectivity index (χ0v) is 13.1. The number of aromatic carboxylic acids is 1. The van der Waals surface area contributed by atoms with Gasteiger partial charge >= 0.3 is 5.97 Å². The minimum Gasteiger partial charge on any atom is -0.478 e. The summed E-state index contributed by atoms with van der Waals surface area (Å²) in [5, 5.41) is 9.23. The Balaban J connectivity index is 3.11. The molecular weight excluding hydrogens is 316 g/mol. The number of anilines is 1. The van der Waals surface area contributed by atoms with Crippen LogP contribution in [-0.2, 0) is 0 Å². The first-order valence-electron chi connectivity index (χ1n) is 5.61. The van der Waals surface area contributed by atoms with Crippen molar-refractivity contribution in [3.05, 3.63) is 22.3 Å². The van der Waals surface area contributed by atoms with E-state index in [9.17, 15) is 9.90 Å². The van der Waals surface area contributed by atoms with Crippen molar-refractivity contribution in [1.82, 2.24) is 4.98 Å². The second-order valence-corrected chi connectivity index (χ2v) is 5.78. The highest BCUT2D eigenvalue weighted by atomic mass is 79.9. The molecule has 1 unspecified atom stereocenters. The molecule has 0 aromatic carbocycles. The lowest BCUT2D eigenvalue weighted by Gasteiger charge is -2.28. The number of hydrogen-bond acceptors (Lipinski definition) is 4. The van der Waals surface area contributed by atoms with Gasteiger partial charge in [0.05, 0.1) is 0 Å². The smallest absolute Gasteiger partial charge is 0.339 e. The van der Waals surface area contributed by atoms with Crippen LogP contribution in [0.4, 0.5) is 5.82 Å². The average molecular weight is 333 g/mol. The van der Waals surface area contributed by atoms with E-state index in [1.807, 2.05) is 18.2 Å². The second kappa shape index (κ2) is 6.99. The fraction of sp³-hybridized carbons (Fsp3) is 0.500. The van der Waals surface area contributed by atoms with Gasteiger partial charge in [-0.1, -0.05) is 6.92 Å². The van der Waals surface area contributed by atoms with Crippen LogP contribution in [0.25, 0.3) is 0 Å². The molecule has 0 saturated heterocycles. The van der Waals surface area contributed by atoms with Crippen LogP contribution in [0, 0.1) is 0 Å². The number of rotatable bonds is 6. The number of halogens is 1. The number of carbonyl (C=O) groups is 1. The van der Waals surface area contributed by atoms with Crippen molar-refractivity contribution in [1.29, 1.82) is 0 Å². The van der Waals surface area contributed by atoms with Gasteiger partial charge in [-0.2, -0.15) is 11.8 Å². The molecule has 1 N–H and O–H groups in total. The number of hydrogen-bond donors (Lipinski definition) is 1. The van der Waals surface area contributed by atoms with E-state index in [-0.39, 0.29) is 11.6 Å². The fourth-order valence-corrected chi connectivity index (χ4v) is 2.91. The van der Waals surface area contributed by atoms with Crippen molar-refractivity contribution >= 4 is 39.5 Å². The van der Waals surface area contributed by atoms with Gasteiger partial charge in [0.2, 0.25) is 0 Å².